The van der Waals surface area contributed by atoms with Gasteiger partial charge in [-0.2, -0.15) is 11.8 Å². The second-order valence-corrected chi connectivity index (χ2v) is 4.84. The van der Waals surface area contributed by atoms with E-state index in [1.165, 1.54) is 5.75 Å². The first-order valence-corrected chi connectivity index (χ1v) is 6.01. The zero-order valence-electron chi connectivity index (χ0n) is 8.22. The van der Waals surface area contributed by atoms with Crippen LogP contribution in [0.3, 0.4) is 0 Å². The lowest BCUT2D eigenvalue weighted by molar-refractivity contribution is 0.625. The normalized spacial score (nSPS) is 21.1. The highest BCUT2D eigenvalue weighted by molar-refractivity contribution is 7.99. The molecule has 0 saturated carbocycles. The summed E-state index contributed by atoms with van der Waals surface area (Å²) in [6.07, 6.45) is 1.14. The van der Waals surface area contributed by atoms with Crippen LogP contribution in [-0.2, 0) is 0 Å². The predicted octanol–water partition coefficient (Wildman–Crippen LogP) is 3.05. The summed E-state index contributed by atoms with van der Waals surface area (Å²) in [5.41, 5.74) is 1.61. The highest BCUT2D eigenvalue weighted by Gasteiger charge is 2.16. The number of benzene rings is 1. The molecule has 0 bridgehead atoms. The quantitative estimate of drug-likeness (QED) is 0.807. The molecule has 1 atom stereocenters. The molecule has 0 amide bonds. The van der Waals surface area contributed by atoms with Crippen LogP contribution in [0.4, 0.5) is 10.1 Å². The molecule has 1 N–H and O–H groups in total. The summed E-state index contributed by atoms with van der Waals surface area (Å²) in [7, 11) is 0. The first kappa shape index (κ1) is 9.84. The van der Waals surface area contributed by atoms with Crippen LogP contribution in [0.2, 0.25) is 0 Å². The van der Waals surface area contributed by atoms with Crippen LogP contribution >= 0.6 is 11.8 Å². The molecule has 1 aromatic carbocycles. The van der Waals surface area contributed by atoms with Gasteiger partial charge in [-0.3, -0.25) is 0 Å². The van der Waals surface area contributed by atoms with Crippen molar-refractivity contribution in [2.45, 2.75) is 19.4 Å². The summed E-state index contributed by atoms with van der Waals surface area (Å²) < 4.78 is 13.4. The lowest BCUT2D eigenvalue weighted by atomic mass is 10.2. The second kappa shape index (κ2) is 4.22. The largest absolute Gasteiger partial charge is 0.379 e. The Balaban J connectivity index is 2.08. The number of hydrogen-bond acceptors (Lipinski definition) is 2. The van der Waals surface area contributed by atoms with Crippen molar-refractivity contribution in [3.8, 4) is 0 Å². The van der Waals surface area contributed by atoms with Gasteiger partial charge >= 0.3 is 0 Å². The topological polar surface area (TPSA) is 12.0 Å². The number of rotatable bonds is 2. The highest BCUT2D eigenvalue weighted by Crippen LogP contribution is 2.23. The van der Waals surface area contributed by atoms with Crippen LogP contribution in [0, 0.1) is 12.7 Å². The fourth-order valence-electron chi connectivity index (χ4n) is 1.61. The van der Waals surface area contributed by atoms with Crippen molar-refractivity contribution in [1.82, 2.24) is 0 Å². The van der Waals surface area contributed by atoms with Crippen molar-refractivity contribution in [3.63, 3.8) is 0 Å². The minimum Gasteiger partial charge on any atom is -0.379 e. The van der Waals surface area contributed by atoms with Crippen molar-refractivity contribution < 1.29 is 4.39 Å². The van der Waals surface area contributed by atoms with Gasteiger partial charge < -0.3 is 5.32 Å². The van der Waals surface area contributed by atoms with Crippen molar-refractivity contribution >= 4 is 17.4 Å². The van der Waals surface area contributed by atoms with Gasteiger partial charge in [0.1, 0.15) is 5.82 Å². The van der Waals surface area contributed by atoms with Gasteiger partial charge in [0.05, 0.1) is 5.69 Å². The van der Waals surface area contributed by atoms with Gasteiger partial charge in [-0.15, -0.1) is 0 Å². The van der Waals surface area contributed by atoms with Crippen molar-refractivity contribution in [2.75, 3.05) is 16.8 Å². The molecule has 0 unspecified atom stereocenters. The number of thioether (sulfide) groups is 1. The number of aryl methyl sites for hydroxylation is 1. The van der Waals surface area contributed by atoms with E-state index in [2.05, 4.69) is 5.32 Å². The summed E-state index contributed by atoms with van der Waals surface area (Å²) in [6.45, 7) is 1.90. The molecule has 14 heavy (non-hydrogen) atoms. The van der Waals surface area contributed by atoms with Gasteiger partial charge in [0.25, 0.3) is 0 Å². The molecule has 0 aromatic heterocycles. The van der Waals surface area contributed by atoms with Gasteiger partial charge in [0, 0.05) is 11.8 Å². The molecular formula is C11H14FNS. The van der Waals surface area contributed by atoms with Crippen LogP contribution in [0.25, 0.3) is 0 Å². The number of hydrogen-bond donors (Lipinski definition) is 1. The first-order valence-electron chi connectivity index (χ1n) is 4.86. The van der Waals surface area contributed by atoms with E-state index in [-0.39, 0.29) is 5.82 Å². The summed E-state index contributed by atoms with van der Waals surface area (Å²) in [5.74, 6) is 2.14. The molecule has 1 aliphatic heterocycles. The summed E-state index contributed by atoms with van der Waals surface area (Å²) in [4.78, 5) is 0. The van der Waals surface area contributed by atoms with E-state index < -0.39 is 0 Å². The predicted molar refractivity (Wildman–Crippen MR) is 60.5 cm³/mol. The molecule has 0 aliphatic carbocycles. The Kier molecular flexibility index (Phi) is 2.96. The standard InChI is InChI=1S/C11H14FNS/c1-8-2-3-11(10(12)6-8)13-9-4-5-14-7-9/h2-3,6,9,13H,4-5,7H2,1H3/t9-/m1/s1. The molecule has 3 heteroatoms. The van der Waals surface area contributed by atoms with Crippen LogP contribution in [0.15, 0.2) is 18.2 Å². The molecule has 1 saturated heterocycles. The van der Waals surface area contributed by atoms with Crippen molar-refractivity contribution in [2.24, 2.45) is 0 Å². The van der Waals surface area contributed by atoms with Crippen LogP contribution in [-0.4, -0.2) is 17.5 Å². The van der Waals surface area contributed by atoms with Gasteiger partial charge in [0.2, 0.25) is 0 Å². The van der Waals surface area contributed by atoms with Gasteiger partial charge in [-0.05, 0) is 36.8 Å². The Morgan fingerprint density at radius 2 is 2.36 bits per heavy atom. The zero-order chi connectivity index (χ0) is 9.97. The molecule has 1 aromatic rings. The molecule has 1 fully saturated rings. The third-order valence-corrected chi connectivity index (χ3v) is 3.58. The minimum atomic E-state index is -0.137. The van der Waals surface area contributed by atoms with E-state index in [0.717, 1.165) is 17.7 Å². The van der Waals surface area contributed by atoms with Crippen LogP contribution in [0.1, 0.15) is 12.0 Å². The van der Waals surface area contributed by atoms with E-state index in [4.69, 9.17) is 0 Å². The Morgan fingerprint density at radius 1 is 1.50 bits per heavy atom. The molecule has 76 valence electrons. The Morgan fingerprint density at radius 3 is 3.00 bits per heavy atom. The minimum absolute atomic E-state index is 0.137. The molecule has 2 rings (SSSR count). The Bertz CT molecular complexity index is 321. The third kappa shape index (κ3) is 2.21. The molecule has 0 spiro atoms. The molecule has 1 nitrogen and oxygen atoms in total. The lowest BCUT2D eigenvalue weighted by Gasteiger charge is -2.13. The molecule has 0 radical (unpaired) electrons. The average molecular weight is 211 g/mol. The molecular weight excluding hydrogens is 197 g/mol. The van der Waals surface area contributed by atoms with Crippen molar-refractivity contribution in [1.29, 1.82) is 0 Å². The van der Waals surface area contributed by atoms with Crippen LogP contribution in [0.5, 0.6) is 0 Å². The van der Waals surface area contributed by atoms with E-state index >= 15 is 0 Å². The van der Waals surface area contributed by atoms with Gasteiger partial charge in [-0.25, -0.2) is 4.39 Å². The Hall–Kier alpha value is -0.700. The molecule has 1 heterocycles. The number of anilines is 1. The van der Waals surface area contributed by atoms with E-state index in [9.17, 15) is 4.39 Å². The van der Waals surface area contributed by atoms with Gasteiger partial charge in [-0.1, -0.05) is 6.07 Å². The fourth-order valence-corrected chi connectivity index (χ4v) is 2.76. The fraction of sp³-hybridized carbons (Fsp3) is 0.455. The van der Waals surface area contributed by atoms with Crippen LogP contribution < -0.4 is 5.32 Å². The molecule has 1 aliphatic rings. The van der Waals surface area contributed by atoms with Crippen molar-refractivity contribution in [3.05, 3.63) is 29.6 Å². The second-order valence-electron chi connectivity index (χ2n) is 3.69. The average Bonchev–Trinajstić information content (AvgIpc) is 2.62. The maximum atomic E-state index is 13.4. The van der Waals surface area contributed by atoms with E-state index in [1.54, 1.807) is 6.07 Å². The SMILES string of the molecule is Cc1ccc(N[C@@H]2CCSC2)c(F)c1. The number of halogens is 1. The zero-order valence-corrected chi connectivity index (χ0v) is 9.03. The third-order valence-electron chi connectivity index (χ3n) is 2.41. The maximum absolute atomic E-state index is 13.4. The lowest BCUT2D eigenvalue weighted by Crippen LogP contribution is -2.18. The monoisotopic (exact) mass is 211 g/mol. The summed E-state index contributed by atoms with van der Waals surface area (Å²) >= 11 is 1.93. The van der Waals surface area contributed by atoms with E-state index in [1.807, 2.05) is 30.8 Å². The highest BCUT2D eigenvalue weighted by atomic mass is 32.2. The summed E-state index contributed by atoms with van der Waals surface area (Å²) in [5, 5.41) is 3.24. The first-order chi connectivity index (χ1) is 6.75. The smallest absolute Gasteiger partial charge is 0.146 e. The number of nitrogens with one attached hydrogen (secondary N) is 1. The summed E-state index contributed by atoms with van der Waals surface area (Å²) in [6, 6.07) is 5.78. The van der Waals surface area contributed by atoms with Gasteiger partial charge in [0.15, 0.2) is 0 Å². The van der Waals surface area contributed by atoms with E-state index in [0.29, 0.717) is 11.7 Å². The Labute approximate surface area is 88.1 Å². The maximum Gasteiger partial charge on any atom is 0.146 e.